The quantitative estimate of drug-likeness (QED) is 0.661. The van der Waals surface area contributed by atoms with E-state index in [1.54, 1.807) is 6.92 Å². The van der Waals surface area contributed by atoms with Crippen LogP contribution in [0.5, 0.6) is 6.01 Å². The van der Waals surface area contributed by atoms with Crippen molar-refractivity contribution in [2.45, 2.75) is 19.5 Å². The van der Waals surface area contributed by atoms with Crippen molar-refractivity contribution in [1.82, 2.24) is 14.9 Å². The maximum Gasteiger partial charge on any atom is 0.416 e. The van der Waals surface area contributed by atoms with Crippen molar-refractivity contribution in [3.63, 3.8) is 0 Å². The first-order valence-electron chi connectivity index (χ1n) is 10.6. The van der Waals surface area contributed by atoms with Crippen molar-refractivity contribution in [2.75, 3.05) is 44.7 Å². The largest absolute Gasteiger partial charge is 0.467 e. The van der Waals surface area contributed by atoms with Gasteiger partial charge in [0.15, 0.2) is 0 Å². The number of hydrogen-bond acceptors (Lipinski definition) is 7. The minimum Gasteiger partial charge on any atom is -0.467 e. The fourth-order valence-corrected chi connectivity index (χ4v) is 4.05. The molecule has 1 N–H and O–H groups in total. The number of benzene rings is 1. The van der Waals surface area contributed by atoms with Crippen LogP contribution in [0.3, 0.4) is 0 Å². The highest BCUT2D eigenvalue weighted by Gasteiger charge is 2.32. The summed E-state index contributed by atoms with van der Waals surface area (Å²) in [5, 5.41) is 7.64. The zero-order valence-corrected chi connectivity index (χ0v) is 18.5. The molecule has 33 heavy (non-hydrogen) atoms. The molecule has 0 saturated carbocycles. The molecule has 0 bridgehead atoms. The molecule has 0 spiro atoms. The minimum atomic E-state index is -4.44. The van der Waals surface area contributed by atoms with Gasteiger partial charge in [-0.05, 0) is 31.2 Å². The van der Waals surface area contributed by atoms with Crippen LogP contribution in [0.1, 0.15) is 18.9 Å². The van der Waals surface area contributed by atoms with E-state index in [0.717, 1.165) is 36.6 Å². The molecule has 0 atom stereocenters. The van der Waals surface area contributed by atoms with Crippen molar-refractivity contribution in [2.24, 2.45) is 4.99 Å². The lowest BCUT2D eigenvalue weighted by molar-refractivity contribution is -0.137. The van der Waals surface area contributed by atoms with Crippen molar-refractivity contribution in [3.05, 3.63) is 47.9 Å². The Kier molecular flexibility index (Phi) is 6.35. The normalized spacial score (nSPS) is 16.5. The summed E-state index contributed by atoms with van der Waals surface area (Å²) in [7, 11) is 1.43. The van der Waals surface area contributed by atoms with Crippen LogP contribution in [-0.2, 0) is 6.18 Å². The summed E-state index contributed by atoms with van der Waals surface area (Å²) in [6.45, 7) is 5.16. The second-order valence-corrected chi connectivity index (χ2v) is 8.06. The Morgan fingerprint density at radius 2 is 1.76 bits per heavy atom. The highest BCUT2D eigenvalue weighted by atomic mass is 19.4. The van der Waals surface area contributed by atoms with Gasteiger partial charge in [-0.3, -0.25) is 4.99 Å². The third kappa shape index (κ3) is 5.15. The first kappa shape index (κ1) is 22.8. The van der Waals surface area contributed by atoms with E-state index in [4.69, 9.17) is 10.1 Å². The summed E-state index contributed by atoms with van der Waals surface area (Å²) in [5.41, 5.74) is 3.57. The number of ether oxygens (including phenoxy) is 1. The molecule has 2 aliphatic heterocycles. The van der Waals surface area contributed by atoms with Gasteiger partial charge in [0.1, 0.15) is 0 Å². The maximum absolute atomic E-state index is 13.4. The highest BCUT2D eigenvalue weighted by molar-refractivity contribution is 6.09. The number of allylic oxidation sites excluding steroid dienone is 1. The van der Waals surface area contributed by atoms with Gasteiger partial charge in [0.2, 0.25) is 0 Å². The summed E-state index contributed by atoms with van der Waals surface area (Å²) < 4.78 is 45.2. The van der Waals surface area contributed by atoms with E-state index >= 15 is 0 Å². The predicted molar refractivity (Wildman–Crippen MR) is 121 cm³/mol. The Balaban J connectivity index is 1.55. The van der Waals surface area contributed by atoms with E-state index in [0.29, 0.717) is 48.6 Å². The van der Waals surface area contributed by atoms with Crippen LogP contribution in [0.25, 0.3) is 11.1 Å². The molecule has 0 amide bonds. The number of hydrogen-bond donors (Lipinski definition) is 1. The van der Waals surface area contributed by atoms with Gasteiger partial charge in [-0.15, -0.1) is 0 Å². The van der Waals surface area contributed by atoms with E-state index in [-0.39, 0.29) is 6.01 Å². The van der Waals surface area contributed by atoms with E-state index in [2.05, 4.69) is 24.8 Å². The number of piperazine rings is 1. The minimum absolute atomic E-state index is 0.158. The van der Waals surface area contributed by atoms with E-state index < -0.39 is 11.7 Å². The molecule has 0 unspecified atom stereocenters. The van der Waals surface area contributed by atoms with Crippen LogP contribution < -0.4 is 9.64 Å². The molecule has 0 aliphatic carbocycles. The molecule has 7 nitrogen and oxygen atoms in total. The van der Waals surface area contributed by atoms with Crippen LogP contribution >= 0.6 is 0 Å². The van der Waals surface area contributed by atoms with Crippen LogP contribution in [0.4, 0.5) is 18.9 Å². The first-order chi connectivity index (χ1) is 15.7. The molecule has 0 radical (unpaired) electrons. The molecule has 2 aliphatic rings. The number of halogens is 3. The van der Waals surface area contributed by atoms with Gasteiger partial charge >= 0.3 is 12.2 Å². The van der Waals surface area contributed by atoms with Crippen molar-refractivity contribution in [3.8, 4) is 17.1 Å². The van der Waals surface area contributed by atoms with Gasteiger partial charge in [-0.1, -0.05) is 0 Å². The number of alkyl halides is 3. The summed E-state index contributed by atoms with van der Waals surface area (Å²) in [4.78, 5) is 17.0. The molecule has 1 fully saturated rings. The number of nitrogens with one attached hydrogen (secondary N) is 1. The average molecular weight is 458 g/mol. The zero-order valence-electron chi connectivity index (χ0n) is 18.5. The summed E-state index contributed by atoms with van der Waals surface area (Å²) in [6, 6.07) is 3.97. The number of nitrogens with zero attached hydrogens (tertiary/aromatic N) is 5. The SMILES string of the molecule is COc1ncc(-c2cc(C(F)(F)F)ccc2N2CCN(C3=CC(CC(C)=N)=NC3)CC2)cn1. The Morgan fingerprint density at radius 1 is 1.09 bits per heavy atom. The van der Waals surface area contributed by atoms with Crippen LogP contribution in [0.15, 0.2) is 47.4 Å². The average Bonchev–Trinajstić information content (AvgIpc) is 3.26. The molecule has 1 aromatic heterocycles. The Bertz CT molecular complexity index is 1090. The van der Waals surface area contributed by atoms with E-state index in [1.807, 2.05) is 6.08 Å². The first-order valence-corrected chi connectivity index (χ1v) is 10.6. The second-order valence-electron chi connectivity index (χ2n) is 8.06. The summed E-state index contributed by atoms with van der Waals surface area (Å²) in [5.74, 6) is 0. The lowest BCUT2D eigenvalue weighted by atomic mass is 10.0. The van der Waals surface area contributed by atoms with E-state index in [1.165, 1.54) is 25.6 Å². The molecule has 10 heteroatoms. The summed E-state index contributed by atoms with van der Waals surface area (Å²) in [6.07, 6.45) is 1.12. The summed E-state index contributed by atoms with van der Waals surface area (Å²) >= 11 is 0. The maximum atomic E-state index is 13.4. The van der Waals surface area contributed by atoms with Crippen molar-refractivity contribution in [1.29, 1.82) is 5.41 Å². The van der Waals surface area contributed by atoms with Gasteiger partial charge < -0.3 is 19.9 Å². The second kappa shape index (κ2) is 9.21. The molecule has 1 aromatic carbocycles. The third-order valence-electron chi connectivity index (χ3n) is 5.70. The molecular weight excluding hydrogens is 433 g/mol. The molecule has 1 saturated heterocycles. The van der Waals surface area contributed by atoms with Gasteiger partial charge in [0.25, 0.3) is 0 Å². The number of methoxy groups -OCH3 is 1. The Labute approximate surface area is 190 Å². The van der Waals surface area contributed by atoms with Gasteiger partial charge in [-0.25, -0.2) is 9.97 Å². The number of aromatic nitrogens is 2. The van der Waals surface area contributed by atoms with Gasteiger partial charge in [0.05, 0.1) is 19.2 Å². The predicted octanol–water partition coefficient (Wildman–Crippen LogP) is 4.06. The number of anilines is 1. The molecule has 174 valence electrons. The Hall–Kier alpha value is -3.43. The molecular formula is C23H25F3N6O. The smallest absolute Gasteiger partial charge is 0.416 e. The highest BCUT2D eigenvalue weighted by Crippen LogP contribution is 2.38. The number of rotatable bonds is 6. The standard InChI is InChI=1S/C23H25F3N6O/c1-15(27)9-18-11-19(14-28-18)31-5-7-32(8-6-31)21-4-3-17(23(24,25)26)10-20(21)16-12-29-22(33-2)30-13-16/h3-4,10-13,27H,5-9,14H2,1-2H3. The molecule has 2 aromatic rings. The van der Waals surface area contributed by atoms with Gasteiger partial charge in [-0.2, -0.15) is 13.2 Å². The third-order valence-corrected chi connectivity index (χ3v) is 5.70. The lowest BCUT2D eigenvalue weighted by Gasteiger charge is -2.38. The van der Waals surface area contributed by atoms with Crippen molar-refractivity contribution >= 4 is 17.1 Å². The molecule has 3 heterocycles. The topological polar surface area (TPSA) is 77.7 Å². The lowest BCUT2D eigenvalue weighted by Crippen LogP contribution is -2.46. The fraction of sp³-hybridized carbons (Fsp3) is 0.391. The van der Waals surface area contributed by atoms with Crippen LogP contribution in [-0.4, -0.2) is 66.1 Å². The van der Waals surface area contributed by atoms with Crippen molar-refractivity contribution < 1.29 is 17.9 Å². The fourth-order valence-electron chi connectivity index (χ4n) is 4.05. The number of aliphatic imine (C=N–C) groups is 1. The van der Waals surface area contributed by atoms with E-state index in [9.17, 15) is 13.2 Å². The zero-order chi connectivity index (χ0) is 23.6. The molecule has 4 rings (SSSR count). The van der Waals surface area contributed by atoms with Gasteiger partial charge in [0, 0.05) is 78.9 Å². The van der Waals surface area contributed by atoms with Crippen LogP contribution in [0, 0.1) is 5.41 Å². The Morgan fingerprint density at radius 3 is 2.36 bits per heavy atom. The van der Waals surface area contributed by atoms with Crippen LogP contribution in [0.2, 0.25) is 0 Å². The monoisotopic (exact) mass is 458 g/mol.